The summed E-state index contributed by atoms with van der Waals surface area (Å²) in [6, 6.07) is 5.64. The standard InChI is InChI=1S/C18H29N3/c1-12(2)21-10-15-6-5-7-16(11-21)18(15)20-17-9-8-13(3)19-14(17)4/h8-9,12,15-16,18,20H,5-7,10-11H2,1-4H3. The first-order chi connectivity index (χ1) is 10.0. The molecular weight excluding hydrogens is 258 g/mol. The molecule has 2 aliphatic rings. The third-order valence-electron chi connectivity index (χ3n) is 5.38. The van der Waals surface area contributed by atoms with Crippen LogP contribution in [0.5, 0.6) is 0 Å². The number of nitrogens with zero attached hydrogens (tertiary/aromatic N) is 2. The molecule has 2 fully saturated rings. The highest BCUT2D eigenvalue weighted by Gasteiger charge is 2.40. The van der Waals surface area contributed by atoms with Crippen molar-refractivity contribution in [1.29, 1.82) is 0 Å². The van der Waals surface area contributed by atoms with Crippen molar-refractivity contribution in [3.63, 3.8) is 0 Å². The highest BCUT2D eigenvalue weighted by Crippen LogP contribution is 2.37. The van der Waals surface area contributed by atoms with Crippen LogP contribution in [0.3, 0.4) is 0 Å². The van der Waals surface area contributed by atoms with E-state index in [1.807, 2.05) is 0 Å². The monoisotopic (exact) mass is 287 g/mol. The fraction of sp³-hybridized carbons (Fsp3) is 0.722. The molecule has 1 aromatic heterocycles. The van der Waals surface area contributed by atoms with Crippen LogP contribution in [0.15, 0.2) is 12.1 Å². The van der Waals surface area contributed by atoms with Crippen molar-refractivity contribution in [3.8, 4) is 0 Å². The Labute approximate surface area is 129 Å². The first-order valence-corrected chi connectivity index (χ1v) is 8.49. The maximum absolute atomic E-state index is 4.60. The molecule has 0 spiro atoms. The first-order valence-electron chi connectivity index (χ1n) is 8.49. The Hall–Kier alpha value is -1.09. The highest BCUT2D eigenvalue weighted by atomic mass is 15.2. The SMILES string of the molecule is Cc1ccc(NC2C3CCCC2CN(C(C)C)C3)c(C)n1. The Balaban J connectivity index is 1.76. The molecule has 1 N–H and O–H groups in total. The zero-order valence-electron chi connectivity index (χ0n) is 13.9. The number of pyridine rings is 1. The maximum Gasteiger partial charge on any atom is 0.0606 e. The molecule has 1 aliphatic carbocycles. The number of rotatable bonds is 3. The summed E-state index contributed by atoms with van der Waals surface area (Å²) in [6.07, 6.45) is 4.15. The largest absolute Gasteiger partial charge is 0.380 e. The molecular formula is C18H29N3. The number of fused-ring (bicyclic) bond motifs is 2. The van der Waals surface area contributed by atoms with Gasteiger partial charge in [0.25, 0.3) is 0 Å². The summed E-state index contributed by atoms with van der Waals surface area (Å²) in [7, 11) is 0. The van der Waals surface area contributed by atoms with Gasteiger partial charge in [-0.15, -0.1) is 0 Å². The second kappa shape index (κ2) is 5.96. The quantitative estimate of drug-likeness (QED) is 0.920. The lowest BCUT2D eigenvalue weighted by Crippen LogP contribution is -2.56. The fourth-order valence-corrected chi connectivity index (χ4v) is 4.15. The maximum atomic E-state index is 4.60. The van der Waals surface area contributed by atoms with Crippen molar-refractivity contribution in [2.45, 2.75) is 59.0 Å². The second-order valence-corrected chi connectivity index (χ2v) is 7.25. The molecule has 116 valence electrons. The molecule has 2 heterocycles. The number of piperidine rings is 1. The van der Waals surface area contributed by atoms with E-state index in [2.05, 4.69) is 55.0 Å². The van der Waals surface area contributed by atoms with Crippen molar-refractivity contribution < 1.29 is 0 Å². The van der Waals surface area contributed by atoms with E-state index in [1.54, 1.807) is 0 Å². The first kappa shape index (κ1) is 14.8. The number of anilines is 1. The lowest BCUT2D eigenvalue weighted by molar-refractivity contribution is 0.0518. The Morgan fingerprint density at radius 2 is 1.81 bits per heavy atom. The third-order valence-corrected chi connectivity index (χ3v) is 5.38. The van der Waals surface area contributed by atoms with E-state index in [0.29, 0.717) is 12.1 Å². The predicted molar refractivity (Wildman–Crippen MR) is 88.7 cm³/mol. The van der Waals surface area contributed by atoms with Crippen LogP contribution in [-0.2, 0) is 0 Å². The van der Waals surface area contributed by atoms with Crippen LogP contribution >= 0.6 is 0 Å². The minimum atomic E-state index is 0.636. The van der Waals surface area contributed by atoms with Crippen LogP contribution in [-0.4, -0.2) is 35.1 Å². The molecule has 3 nitrogen and oxygen atoms in total. The minimum Gasteiger partial charge on any atom is -0.380 e. The van der Waals surface area contributed by atoms with Crippen molar-refractivity contribution in [1.82, 2.24) is 9.88 Å². The Bertz CT molecular complexity index is 483. The summed E-state index contributed by atoms with van der Waals surface area (Å²) < 4.78 is 0. The zero-order valence-corrected chi connectivity index (χ0v) is 13.9. The van der Waals surface area contributed by atoms with E-state index in [9.17, 15) is 0 Å². The van der Waals surface area contributed by atoms with Gasteiger partial charge in [-0.1, -0.05) is 6.42 Å². The van der Waals surface area contributed by atoms with Gasteiger partial charge in [0.05, 0.1) is 11.4 Å². The molecule has 1 aliphatic heterocycles. The number of hydrogen-bond acceptors (Lipinski definition) is 3. The third kappa shape index (κ3) is 3.08. The van der Waals surface area contributed by atoms with E-state index in [-0.39, 0.29) is 0 Å². The smallest absolute Gasteiger partial charge is 0.0606 e. The van der Waals surface area contributed by atoms with Crippen LogP contribution in [0.4, 0.5) is 5.69 Å². The van der Waals surface area contributed by atoms with E-state index in [0.717, 1.165) is 23.2 Å². The summed E-state index contributed by atoms with van der Waals surface area (Å²) in [5, 5.41) is 3.85. The summed E-state index contributed by atoms with van der Waals surface area (Å²) in [5.74, 6) is 1.58. The summed E-state index contributed by atoms with van der Waals surface area (Å²) in [5.41, 5.74) is 3.48. The molecule has 0 amide bonds. The number of likely N-dealkylation sites (tertiary alicyclic amines) is 1. The average molecular weight is 287 g/mol. The van der Waals surface area contributed by atoms with Gasteiger partial charge < -0.3 is 10.2 Å². The minimum absolute atomic E-state index is 0.636. The van der Waals surface area contributed by atoms with Gasteiger partial charge in [-0.3, -0.25) is 4.98 Å². The van der Waals surface area contributed by atoms with Crippen LogP contribution in [0.1, 0.15) is 44.5 Å². The number of aromatic nitrogens is 1. The summed E-state index contributed by atoms with van der Waals surface area (Å²) >= 11 is 0. The summed E-state index contributed by atoms with van der Waals surface area (Å²) in [4.78, 5) is 7.28. The number of hydrogen-bond donors (Lipinski definition) is 1. The highest BCUT2D eigenvalue weighted by molar-refractivity contribution is 5.49. The fourth-order valence-electron chi connectivity index (χ4n) is 4.15. The van der Waals surface area contributed by atoms with Crippen molar-refractivity contribution >= 4 is 5.69 Å². The van der Waals surface area contributed by atoms with Gasteiger partial charge in [0, 0.05) is 30.9 Å². The van der Waals surface area contributed by atoms with Crippen molar-refractivity contribution in [2.24, 2.45) is 11.8 Å². The lowest BCUT2D eigenvalue weighted by atomic mass is 9.73. The Morgan fingerprint density at radius 1 is 1.14 bits per heavy atom. The molecule has 0 radical (unpaired) electrons. The van der Waals surface area contributed by atoms with E-state index < -0.39 is 0 Å². The number of nitrogens with one attached hydrogen (secondary N) is 1. The normalized spacial score (nSPS) is 29.7. The Morgan fingerprint density at radius 3 is 2.38 bits per heavy atom. The molecule has 2 unspecified atom stereocenters. The Kier molecular flexibility index (Phi) is 4.21. The van der Waals surface area contributed by atoms with Gasteiger partial charge >= 0.3 is 0 Å². The van der Waals surface area contributed by atoms with Crippen molar-refractivity contribution in [3.05, 3.63) is 23.5 Å². The van der Waals surface area contributed by atoms with Gasteiger partial charge in [0.1, 0.15) is 0 Å². The molecule has 1 saturated heterocycles. The van der Waals surface area contributed by atoms with Gasteiger partial charge in [-0.05, 0) is 64.5 Å². The summed E-state index contributed by atoms with van der Waals surface area (Å²) in [6.45, 7) is 11.4. The molecule has 1 saturated carbocycles. The van der Waals surface area contributed by atoms with Gasteiger partial charge in [-0.25, -0.2) is 0 Å². The van der Waals surface area contributed by atoms with Crippen LogP contribution in [0, 0.1) is 25.7 Å². The molecule has 0 aromatic carbocycles. The zero-order chi connectivity index (χ0) is 15.0. The lowest BCUT2D eigenvalue weighted by Gasteiger charge is -2.49. The van der Waals surface area contributed by atoms with E-state index >= 15 is 0 Å². The van der Waals surface area contributed by atoms with Crippen molar-refractivity contribution in [2.75, 3.05) is 18.4 Å². The van der Waals surface area contributed by atoms with Crippen LogP contribution < -0.4 is 5.32 Å². The topological polar surface area (TPSA) is 28.2 Å². The molecule has 3 heteroatoms. The molecule has 2 atom stereocenters. The van der Waals surface area contributed by atoms with E-state index in [4.69, 9.17) is 0 Å². The average Bonchev–Trinajstić information content (AvgIpc) is 2.41. The van der Waals surface area contributed by atoms with Crippen LogP contribution in [0.25, 0.3) is 0 Å². The van der Waals surface area contributed by atoms with Gasteiger partial charge in [0.2, 0.25) is 0 Å². The van der Waals surface area contributed by atoms with Gasteiger partial charge in [0.15, 0.2) is 0 Å². The second-order valence-electron chi connectivity index (χ2n) is 7.25. The predicted octanol–water partition coefficient (Wildman–Crippen LogP) is 3.62. The number of aryl methyl sites for hydroxylation is 2. The van der Waals surface area contributed by atoms with Crippen LogP contribution in [0.2, 0.25) is 0 Å². The van der Waals surface area contributed by atoms with Gasteiger partial charge in [-0.2, -0.15) is 0 Å². The molecule has 1 aromatic rings. The van der Waals surface area contributed by atoms with E-state index in [1.165, 1.54) is 38.0 Å². The molecule has 21 heavy (non-hydrogen) atoms. The molecule has 3 rings (SSSR count). The molecule has 2 bridgehead atoms.